The summed E-state index contributed by atoms with van der Waals surface area (Å²) in [6, 6.07) is 8.36. The van der Waals surface area contributed by atoms with Gasteiger partial charge in [0.25, 0.3) is 0 Å². The normalized spacial score (nSPS) is 24.1. The SMILES string of the molecule is CCC[Si]1(C)C2=CC(=[N+](C)C)C=CC2=Nc2ccc(N3CCCCC3)cc21. The van der Waals surface area contributed by atoms with E-state index in [9.17, 15) is 0 Å². The molecule has 142 valence electrons. The Hall–Kier alpha value is -1.94. The quantitative estimate of drug-likeness (QED) is 0.438. The van der Waals surface area contributed by atoms with Crippen LogP contribution in [0.4, 0.5) is 11.4 Å². The minimum absolute atomic E-state index is 1.20. The van der Waals surface area contributed by atoms with Gasteiger partial charge in [-0.2, -0.15) is 0 Å². The molecule has 1 unspecified atom stereocenters. The number of piperidine rings is 1. The van der Waals surface area contributed by atoms with Gasteiger partial charge in [-0.15, -0.1) is 0 Å². The number of anilines is 1. The molecule has 3 nitrogen and oxygen atoms in total. The van der Waals surface area contributed by atoms with Crippen LogP contribution in [0.1, 0.15) is 32.6 Å². The third kappa shape index (κ3) is 3.24. The molecule has 1 aromatic rings. The van der Waals surface area contributed by atoms with Crippen LogP contribution < -0.4 is 10.1 Å². The van der Waals surface area contributed by atoms with E-state index in [0.29, 0.717) is 0 Å². The summed E-state index contributed by atoms with van der Waals surface area (Å²) in [7, 11) is 2.46. The van der Waals surface area contributed by atoms with Crippen molar-refractivity contribution in [3.05, 3.63) is 41.6 Å². The largest absolute Gasteiger partial charge is 0.372 e. The smallest absolute Gasteiger partial charge is 0.199 e. The zero-order valence-corrected chi connectivity index (χ0v) is 18.3. The summed E-state index contributed by atoms with van der Waals surface area (Å²) in [6.07, 6.45) is 12.1. The second-order valence-corrected chi connectivity index (χ2v) is 12.8. The monoisotopic (exact) mass is 378 g/mol. The summed E-state index contributed by atoms with van der Waals surface area (Å²) in [5, 5.41) is 3.05. The first-order valence-electron chi connectivity index (χ1n) is 10.5. The maximum absolute atomic E-state index is 5.07. The van der Waals surface area contributed by atoms with Crippen molar-refractivity contribution >= 4 is 36.1 Å². The fraction of sp³-hybridized carbons (Fsp3) is 0.478. The van der Waals surface area contributed by atoms with Gasteiger partial charge in [0.15, 0.2) is 5.71 Å². The molecular weight excluding hydrogens is 346 g/mol. The summed E-state index contributed by atoms with van der Waals surface area (Å²) in [4.78, 5) is 7.65. The fourth-order valence-corrected chi connectivity index (χ4v) is 8.97. The van der Waals surface area contributed by atoms with Crippen molar-refractivity contribution in [1.29, 1.82) is 0 Å². The third-order valence-electron chi connectivity index (χ3n) is 6.38. The molecule has 1 saturated heterocycles. The van der Waals surface area contributed by atoms with Gasteiger partial charge in [0, 0.05) is 30.9 Å². The van der Waals surface area contributed by atoms with Crippen molar-refractivity contribution in [1.82, 2.24) is 0 Å². The van der Waals surface area contributed by atoms with E-state index >= 15 is 0 Å². The Kier molecular flexibility index (Phi) is 4.93. The van der Waals surface area contributed by atoms with Crippen molar-refractivity contribution < 1.29 is 4.58 Å². The van der Waals surface area contributed by atoms with Gasteiger partial charge < -0.3 is 4.90 Å². The van der Waals surface area contributed by atoms with Gasteiger partial charge in [0.05, 0.1) is 11.4 Å². The van der Waals surface area contributed by atoms with E-state index in [4.69, 9.17) is 4.99 Å². The second-order valence-electron chi connectivity index (χ2n) is 8.54. The molecule has 1 aliphatic carbocycles. The van der Waals surface area contributed by atoms with Crippen LogP contribution in [0.25, 0.3) is 0 Å². The molecule has 2 aliphatic heterocycles. The lowest BCUT2D eigenvalue weighted by molar-refractivity contribution is -0.462. The lowest BCUT2D eigenvalue weighted by Crippen LogP contribution is -2.52. The van der Waals surface area contributed by atoms with Crippen LogP contribution in [0.15, 0.2) is 46.6 Å². The zero-order valence-electron chi connectivity index (χ0n) is 17.3. The molecule has 1 fully saturated rings. The molecule has 1 aromatic carbocycles. The Balaban J connectivity index is 1.85. The highest BCUT2D eigenvalue weighted by Crippen LogP contribution is 2.35. The van der Waals surface area contributed by atoms with Crippen molar-refractivity contribution in [3.63, 3.8) is 0 Å². The molecule has 0 radical (unpaired) electrons. The topological polar surface area (TPSA) is 18.6 Å². The molecule has 4 rings (SSSR count). The van der Waals surface area contributed by atoms with Gasteiger partial charge in [0.2, 0.25) is 0 Å². The molecule has 4 heteroatoms. The summed E-state index contributed by atoms with van der Waals surface area (Å²) in [5.41, 5.74) is 5.10. The second kappa shape index (κ2) is 7.23. The molecule has 0 bridgehead atoms. The summed E-state index contributed by atoms with van der Waals surface area (Å²) < 4.78 is 2.21. The number of aliphatic imine (C=N–C) groups is 1. The van der Waals surface area contributed by atoms with Gasteiger partial charge in [0.1, 0.15) is 22.2 Å². The number of rotatable bonds is 3. The molecule has 1 atom stereocenters. The van der Waals surface area contributed by atoms with Gasteiger partial charge >= 0.3 is 0 Å². The molecular formula is C23H32N3Si+. The van der Waals surface area contributed by atoms with E-state index < -0.39 is 8.07 Å². The van der Waals surface area contributed by atoms with Gasteiger partial charge in [-0.25, -0.2) is 9.57 Å². The molecule has 0 N–H and O–H groups in total. The standard InChI is InChI=1S/C23H32N3Si/c1-5-15-27(4)22-16-18(25(2)3)9-11-20(22)24-21-12-10-19(17-23(21)27)26-13-7-6-8-14-26/h9-12,16-17H,5-8,13-15H2,1-4H3/q+1. The average molecular weight is 379 g/mol. The van der Waals surface area contributed by atoms with Gasteiger partial charge in [-0.1, -0.05) is 19.9 Å². The van der Waals surface area contributed by atoms with Crippen LogP contribution >= 0.6 is 0 Å². The van der Waals surface area contributed by atoms with Crippen LogP contribution in [0.5, 0.6) is 0 Å². The number of fused-ring (bicyclic) bond motifs is 2. The molecule has 0 saturated carbocycles. The highest BCUT2D eigenvalue weighted by Gasteiger charge is 2.41. The van der Waals surface area contributed by atoms with E-state index in [1.807, 2.05) is 0 Å². The minimum atomic E-state index is -1.80. The molecule has 27 heavy (non-hydrogen) atoms. The van der Waals surface area contributed by atoms with E-state index in [0.717, 1.165) is 0 Å². The van der Waals surface area contributed by atoms with E-state index in [1.165, 1.54) is 78.0 Å². The van der Waals surface area contributed by atoms with Crippen molar-refractivity contribution in [2.45, 2.75) is 45.2 Å². The van der Waals surface area contributed by atoms with Gasteiger partial charge in [-0.3, -0.25) is 0 Å². The number of allylic oxidation sites excluding steroid dienone is 4. The highest BCUT2D eigenvalue weighted by atomic mass is 28.3. The lowest BCUT2D eigenvalue weighted by atomic mass is 10.1. The molecule has 2 heterocycles. The molecule has 0 amide bonds. The summed E-state index contributed by atoms with van der Waals surface area (Å²) in [5.74, 6) is 0. The summed E-state index contributed by atoms with van der Waals surface area (Å²) >= 11 is 0. The third-order valence-corrected chi connectivity index (χ3v) is 11.1. The van der Waals surface area contributed by atoms with Crippen LogP contribution in [-0.2, 0) is 0 Å². The van der Waals surface area contributed by atoms with Crippen LogP contribution in [0.2, 0.25) is 12.6 Å². The number of benzene rings is 1. The van der Waals surface area contributed by atoms with Gasteiger partial charge in [-0.05, 0) is 60.0 Å². The van der Waals surface area contributed by atoms with Crippen LogP contribution in [0.3, 0.4) is 0 Å². The molecule has 0 aromatic heterocycles. The van der Waals surface area contributed by atoms with Crippen LogP contribution in [0, 0.1) is 0 Å². The van der Waals surface area contributed by atoms with E-state index in [2.05, 4.69) is 73.5 Å². The Morgan fingerprint density at radius 2 is 1.89 bits per heavy atom. The Labute approximate surface area is 164 Å². The average Bonchev–Trinajstić information content (AvgIpc) is 2.68. The molecule has 3 aliphatic rings. The maximum Gasteiger partial charge on any atom is 0.199 e. The van der Waals surface area contributed by atoms with Crippen molar-refractivity contribution in [2.24, 2.45) is 4.99 Å². The minimum Gasteiger partial charge on any atom is -0.372 e. The van der Waals surface area contributed by atoms with Crippen molar-refractivity contribution in [3.8, 4) is 0 Å². The molecule has 0 spiro atoms. The number of nitrogens with zero attached hydrogens (tertiary/aromatic N) is 3. The Morgan fingerprint density at radius 3 is 2.59 bits per heavy atom. The zero-order chi connectivity index (χ0) is 19.0. The highest BCUT2D eigenvalue weighted by molar-refractivity contribution is 7.02. The lowest BCUT2D eigenvalue weighted by Gasteiger charge is -2.37. The Morgan fingerprint density at radius 1 is 1.11 bits per heavy atom. The Bertz CT molecular complexity index is 868. The first kappa shape index (κ1) is 18.4. The number of hydrogen-bond acceptors (Lipinski definition) is 2. The predicted octanol–water partition coefficient (Wildman–Crippen LogP) is 4.21. The predicted molar refractivity (Wildman–Crippen MR) is 120 cm³/mol. The fourth-order valence-electron chi connectivity index (χ4n) is 4.80. The summed E-state index contributed by atoms with van der Waals surface area (Å²) in [6.45, 7) is 7.28. The maximum atomic E-state index is 5.07. The first-order chi connectivity index (χ1) is 13.0. The van der Waals surface area contributed by atoms with E-state index in [1.54, 1.807) is 0 Å². The van der Waals surface area contributed by atoms with Crippen LogP contribution in [-0.4, -0.2) is 51.3 Å². The first-order valence-corrected chi connectivity index (χ1v) is 13.2. The van der Waals surface area contributed by atoms with Crippen molar-refractivity contribution in [2.75, 3.05) is 32.1 Å². The number of hydrogen-bond donors (Lipinski definition) is 0. The van der Waals surface area contributed by atoms with E-state index in [-0.39, 0.29) is 0 Å².